The van der Waals surface area contributed by atoms with E-state index in [2.05, 4.69) is 44.2 Å². The fourth-order valence-corrected chi connectivity index (χ4v) is 3.41. The molecule has 0 unspecified atom stereocenters. The molecule has 0 saturated carbocycles. The molecule has 0 fully saturated rings. The second-order valence-electron chi connectivity index (χ2n) is 7.70. The monoisotopic (exact) mass is 424 g/mol. The predicted octanol–water partition coefficient (Wildman–Crippen LogP) is 6.08. The van der Waals surface area contributed by atoms with Crippen molar-refractivity contribution in [2.45, 2.75) is 51.4 Å². The SMILES string of the molecule is c1ccc(CCCCc2ccccn2)nc1.c1ccc(CCCCc2ccccn2)nc1. The lowest BCUT2D eigenvalue weighted by atomic mass is 10.1. The molecule has 0 saturated heterocycles. The number of pyridine rings is 4. The molecular weight excluding hydrogens is 392 g/mol. The van der Waals surface area contributed by atoms with Gasteiger partial charge >= 0.3 is 0 Å². The number of hydrogen-bond donors (Lipinski definition) is 0. The first-order valence-corrected chi connectivity index (χ1v) is 11.5. The standard InChI is InChI=1S/2C14H16N2/c2*1(7-13-9-3-5-11-15-13)2-8-14-10-4-6-12-16-14/h2*3-6,9-12H,1-2,7-8H2. The summed E-state index contributed by atoms with van der Waals surface area (Å²) in [7, 11) is 0. The van der Waals surface area contributed by atoms with E-state index in [-0.39, 0.29) is 0 Å². The van der Waals surface area contributed by atoms with Gasteiger partial charge in [-0.15, -0.1) is 0 Å². The molecule has 0 spiro atoms. The van der Waals surface area contributed by atoms with Gasteiger partial charge in [0.25, 0.3) is 0 Å². The molecule has 4 heteroatoms. The fourth-order valence-electron chi connectivity index (χ4n) is 3.41. The summed E-state index contributed by atoms with van der Waals surface area (Å²) in [5, 5.41) is 0. The number of rotatable bonds is 10. The Morgan fingerprint density at radius 3 is 0.781 bits per heavy atom. The molecule has 164 valence electrons. The highest BCUT2D eigenvalue weighted by atomic mass is 14.7. The van der Waals surface area contributed by atoms with Gasteiger partial charge in [-0.2, -0.15) is 0 Å². The van der Waals surface area contributed by atoms with Crippen molar-refractivity contribution in [2.75, 3.05) is 0 Å². The van der Waals surface area contributed by atoms with E-state index < -0.39 is 0 Å². The van der Waals surface area contributed by atoms with Crippen molar-refractivity contribution in [1.29, 1.82) is 0 Å². The molecule has 0 N–H and O–H groups in total. The molecule has 0 aliphatic rings. The molecule has 0 aromatic carbocycles. The predicted molar refractivity (Wildman–Crippen MR) is 130 cm³/mol. The minimum absolute atomic E-state index is 1.06. The topological polar surface area (TPSA) is 51.6 Å². The van der Waals surface area contributed by atoms with Gasteiger partial charge in [0.2, 0.25) is 0 Å². The normalized spacial score (nSPS) is 10.2. The molecule has 0 bridgehead atoms. The zero-order valence-electron chi connectivity index (χ0n) is 18.7. The second kappa shape index (κ2) is 14.6. The summed E-state index contributed by atoms with van der Waals surface area (Å²) in [5.41, 5.74) is 4.74. The highest BCUT2D eigenvalue weighted by molar-refractivity contribution is 5.06. The van der Waals surface area contributed by atoms with Gasteiger partial charge < -0.3 is 0 Å². The molecule has 0 atom stereocenters. The minimum Gasteiger partial charge on any atom is -0.261 e. The number of hydrogen-bond acceptors (Lipinski definition) is 4. The lowest BCUT2D eigenvalue weighted by molar-refractivity contribution is 0.712. The van der Waals surface area contributed by atoms with Crippen molar-refractivity contribution in [3.05, 3.63) is 120 Å². The summed E-state index contributed by atoms with van der Waals surface area (Å²) in [6.45, 7) is 0. The maximum absolute atomic E-state index is 4.31. The fraction of sp³-hybridized carbons (Fsp3) is 0.286. The Morgan fingerprint density at radius 2 is 0.594 bits per heavy atom. The average molecular weight is 425 g/mol. The van der Waals surface area contributed by atoms with Crippen LogP contribution in [0.2, 0.25) is 0 Å². The average Bonchev–Trinajstić information content (AvgIpc) is 2.88. The number of unbranched alkanes of at least 4 members (excludes halogenated alkanes) is 2. The Labute approximate surface area is 191 Å². The van der Waals surface area contributed by atoms with Crippen molar-refractivity contribution < 1.29 is 0 Å². The Kier molecular flexibility index (Phi) is 10.6. The van der Waals surface area contributed by atoms with Crippen molar-refractivity contribution in [3.8, 4) is 0 Å². The lowest BCUT2D eigenvalue weighted by Crippen LogP contribution is -1.92. The molecule has 4 aromatic rings. The van der Waals surface area contributed by atoms with E-state index in [4.69, 9.17) is 0 Å². The molecule has 32 heavy (non-hydrogen) atoms. The smallest absolute Gasteiger partial charge is 0.0403 e. The van der Waals surface area contributed by atoms with Crippen molar-refractivity contribution in [3.63, 3.8) is 0 Å². The molecule has 0 aliphatic heterocycles. The van der Waals surface area contributed by atoms with E-state index in [1.165, 1.54) is 48.5 Å². The highest BCUT2D eigenvalue weighted by Crippen LogP contribution is 2.06. The molecule has 0 radical (unpaired) electrons. The Morgan fingerprint density at radius 1 is 0.344 bits per heavy atom. The van der Waals surface area contributed by atoms with Gasteiger partial charge in [0, 0.05) is 47.6 Å². The van der Waals surface area contributed by atoms with E-state index in [0.29, 0.717) is 0 Å². The van der Waals surface area contributed by atoms with Crippen LogP contribution in [0, 0.1) is 0 Å². The van der Waals surface area contributed by atoms with E-state index in [1.807, 2.05) is 73.3 Å². The van der Waals surface area contributed by atoms with Crippen LogP contribution in [-0.2, 0) is 25.7 Å². The number of aryl methyl sites for hydroxylation is 4. The van der Waals surface area contributed by atoms with Crippen molar-refractivity contribution >= 4 is 0 Å². The maximum Gasteiger partial charge on any atom is 0.0403 e. The van der Waals surface area contributed by atoms with Crippen LogP contribution in [0.25, 0.3) is 0 Å². The van der Waals surface area contributed by atoms with E-state index in [0.717, 1.165) is 25.7 Å². The summed E-state index contributed by atoms with van der Waals surface area (Å²) >= 11 is 0. The Balaban J connectivity index is 0.000000181. The zero-order chi connectivity index (χ0) is 22.1. The van der Waals surface area contributed by atoms with Gasteiger partial charge in [0.15, 0.2) is 0 Å². The quantitative estimate of drug-likeness (QED) is 0.289. The maximum atomic E-state index is 4.31. The van der Waals surface area contributed by atoms with Crippen molar-refractivity contribution in [1.82, 2.24) is 19.9 Å². The third-order valence-corrected chi connectivity index (χ3v) is 5.14. The first-order valence-electron chi connectivity index (χ1n) is 11.5. The van der Waals surface area contributed by atoms with Gasteiger partial charge in [-0.1, -0.05) is 24.3 Å². The van der Waals surface area contributed by atoms with Crippen molar-refractivity contribution in [2.24, 2.45) is 0 Å². The molecule has 4 heterocycles. The van der Waals surface area contributed by atoms with Crippen LogP contribution in [0.3, 0.4) is 0 Å². The summed E-state index contributed by atoms with van der Waals surface area (Å²) in [4.78, 5) is 17.2. The van der Waals surface area contributed by atoms with E-state index >= 15 is 0 Å². The van der Waals surface area contributed by atoms with Crippen LogP contribution in [0.5, 0.6) is 0 Å². The van der Waals surface area contributed by atoms with Gasteiger partial charge in [0.1, 0.15) is 0 Å². The summed E-state index contributed by atoms with van der Waals surface area (Å²) < 4.78 is 0. The number of aromatic nitrogens is 4. The van der Waals surface area contributed by atoms with Gasteiger partial charge in [-0.3, -0.25) is 19.9 Å². The number of nitrogens with zero attached hydrogens (tertiary/aromatic N) is 4. The Hall–Kier alpha value is -3.40. The van der Waals surface area contributed by atoms with E-state index in [9.17, 15) is 0 Å². The van der Waals surface area contributed by atoms with Gasteiger partial charge in [-0.05, 0) is 99.9 Å². The van der Waals surface area contributed by atoms with Gasteiger partial charge in [0.05, 0.1) is 0 Å². The largest absolute Gasteiger partial charge is 0.261 e. The Bertz CT molecular complexity index is 795. The minimum atomic E-state index is 1.06. The molecular formula is C28H32N4. The summed E-state index contributed by atoms with van der Waals surface area (Å²) in [6, 6.07) is 24.3. The molecule has 0 amide bonds. The third kappa shape index (κ3) is 9.61. The molecule has 4 nitrogen and oxygen atoms in total. The summed E-state index contributed by atoms with van der Waals surface area (Å²) in [5.74, 6) is 0. The van der Waals surface area contributed by atoms with Gasteiger partial charge in [-0.25, -0.2) is 0 Å². The highest BCUT2D eigenvalue weighted by Gasteiger charge is 1.97. The lowest BCUT2D eigenvalue weighted by Gasteiger charge is -2.00. The van der Waals surface area contributed by atoms with Crippen LogP contribution in [-0.4, -0.2) is 19.9 Å². The van der Waals surface area contributed by atoms with Crippen LogP contribution < -0.4 is 0 Å². The molecule has 4 rings (SSSR count). The second-order valence-corrected chi connectivity index (χ2v) is 7.70. The van der Waals surface area contributed by atoms with Crippen LogP contribution >= 0.6 is 0 Å². The molecule has 4 aromatic heterocycles. The first-order chi connectivity index (χ1) is 15.9. The van der Waals surface area contributed by atoms with Crippen LogP contribution in [0.4, 0.5) is 0 Å². The zero-order valence-corrected chi connectivity index (χ0v) is 18.7. The third-order valence-electron chi connectivity index (χ3n) is 5.14. The van der Waals surface area contributed by atoms with E-state index in [1.54, 1.807) is 0 Å². The van der Waals surface area contributed by atoms with Crippen LogP contribution in [0.15, 0.2) is 97.6 Å². The van der Waals surface area contributed by atoms with Crippen LogP contribution in [0.1, 0.15) is 48.5 Å². The first kappa shape index (κ1) is 23.3. The molecule has 0 aliphatic carbocycles. The summed E-state index contributed by atoms with van der Waals surface area (Å²) in [6.07, 6.45) is 16.4.